The standard InChI is InChI=1S/C21H30N2O/c1-16-6-5-12-22(16)15-18-14-20(18)17-8-10-19(11-9-17)23-13-4-2-3-7-21(23)24/h8-11,16,18,20H,2-7,12-15H2,1H3/t16-,18-,20-/m1/s1. The monoisotopic (exact) mass is 326 g/mol. The molecule has 3 nitrogen and oxygen atoms in total. The first-order chi connectivity index (χ1) is 11.7. The molecule has 24 heavy (non-hydrogen) atoms. The lowest BCUT2D eigenvalue weighted by atomic mass is 10.1. The van der Waals surface area contributed by atoms with Crippen molar-refractivity contribution in [3.8, 4) is 0 Å². The molecule has 3 atom stereocenters. The van der Waals surface area contributed by atoms with Crippen molar-refractivity contribution in [1.82, 2.24) is 4.90 Å². The Morgan fingerprint density at radius 1 is 1.04 bits per heavy atom. The van der Waals surface area contributed by atoms with Crippen LogP contribution in [0.4, 0.5) is 5.69 Å². The van der Waals surface area contributed by atoms with Gasteiger partial charge in [0.1, 0.15) is 0 Å². The topological polar surface area (TPSA) is 23.6 Å². The number of carbonyl (C=O) groups excluding carboxylic acids is 1. The number of anilines is 1. The van der Waals surface area contributed by atoms with Gasteiger partial charge >= 0.3 is 0 Å². The molecule has 2 aliphatic heterocycles. The molecule has 1 aliphatic carbocycles. The smallest absolute Gasteiger partial charge is 0.226 e. The van der Waals surface area contributed by atoms with E-state index in [0.717, 1.165) is 43.0 Å². The molecule has 1 aromatic carbocycles. The number of hydrogen-bond acceptors (Lipinski definition) is 2. The van der Waals surface area contributed by atoms with E-state index in [1.807, 2.05) is 4.90 Å². The van der Waals surface area contributed by atoms with Crippen LogP contribution in [0.1, 0.15) is 63.4 Å². The van der Waals surface area contributed by atoms with Crippen LogP contribution in [0.2, 0.25) is 0 Å². The second kappa shape index (κ2) is 6.87. The van der Waals surface area contributed by atoms with Crippen molar-refractivity contribution in [2.24, 2.45) is 5.92 Å². The third-order valence-corrected chi connectivity index (χ3v) is 6.29. The van der Waals surface area contributed by atoms with Crippen LogP contribution >= 0.6 is 0 Å². The Hall–Kier alpha value is -1.35. The Kier molecular flexibility index (Phi) is 4.62. The predicted octanol–water partition coefficient (Wildman–Crippen LogP) is 4.18. The lowest BCUT2D eigenvalue weighted by molar-refractivity contribution is -0.118. The molecular weight excluding hydrogens is 296 g/mol. The number of amides is 1. The molecule has 3 heteroatoms. The SMILES string of the molecule is C[C@@H]1CCCN1C[C@H]1C[C@@H]1c1ccc(N2CCCCCC2=O)cc1. The summed E-state index contributed by atoms with van der Waals surface area (Å²) in [5, 5.41) is 0. The fraction of sp³-hybridized carbons (Fsp3) is 0.667. The number of nitrogens with zero attached hydrogens (tertiary/aromatic N) is 2. The van der Waals surface area contributed by atoms with Crippen molar-refractivity contribution in [2.75, 3.05) is 24.5 Å². The zero-order valence-electron chi connectivity index (χ0n) is 14.9. The molecule has 0 spiro atoms. The normalized spacial score (nSPS) is 31.3. The molecule has 0 bridgehead atoms. The van der Waals surface area contributed by atoms with Gasteiger partial charge in [0, 0.05) is 31.2 Å². The number of likely N-dealkylation sites (tertiary alicyclic amines) is 1. The second-order valence-corrected chi connectivity index (χ2v) is 8.04. The summed E-state index contributed by atoms with van der Waals surface area (Å²) in [4.78, 5) is 16.9. The summed E-state index contributed by atoms with van der Waals surface area (Å²) in [6, 6.07) is 9.67. The van der Waals surface area contributed by atoms with Crippen LogP contribution in [0, 0.1) is 5.92 Å². The molecule has 2 saturated heterocycles. The molecular formula is C21H30N2O. The average Bonchev–Trinajstić information content (AvgIpc) is 3.29. The molecule has 3 fully saturated rings. The van der Waals surface area contributed by atoms with Crippen molar-refractivity contribution in [1.29, 1.82) is 0 Å². The Labute approximate surface area is 146 Å². The van der Waals surface area contributed by atoms with Crippen molar-refractivity contribution in [3.63, 3.8) is 0 Å². The highest BCUT2D eigenvalue weighted by molar-refractivity contribution is 5.93. The van der Waals surface area contributed by atoms with Gasteiger partial charge in [0.25, 0.3) is 0 Å². The predicted molar refractivity (Wildman–Crippen MR) is 98.4 cm³/mol. The fourth-order valence-corrected chi connectivity index (χ4v) is 4.58. The highest BCUT2D eigenvalue weighted by atomic mass is 16.2. The van der Waals surface area contributed by atoms with Crippen LogP contribution in [-0.2, 0) is 4.79 Å². The number of hydrogen-bond donors (Lipinski definition) is 0. The molecule has 0 aromatic heterocycles. The minimum Gasteiger partial charge on any atom is -0.312 e. The zero-order valence-corrected chi connectivity index (χ0v) is 14.9. The van der Waals surface area contributed by atoms with E-state index in [2.05, 4.69) is 36.1 Å². The van der Waals surface area contributed by atoms with Gasteiger partial charge in [0.05, 0.1) is 0 Å². The number of rotatable bonds is 4. The molecule has 0 unspecified atom stereocenters. The summed E-state index contributed by atoms with van der Waals surface area (Å²) in [6.07, 6.45) is 8.15. The first-order valence-corrected chi connectivity index (χ1v) is 9.87. The molecule has 0 N–H and O–H groups in total. The highest BCUT2D eigenvalue weighted by Gasteiger charge is 2.40. The maximum absolute atomic E-state index is 12.2. The molecule has 1 aromatic rings. The van der Waals surface area contributed by atoms with Crippen molar-refractivity contribution in [2.45, 2.75) is 63.8 Å². The third-order valence-electron chi connectivity index (χ3n) is 6.29. The molecule has 4 rings (SSSR count). The van der Waals surface area contributed by atoms with E-state index in [-0.39, 0.29) is 0 Å². The second-order valence-electron chi connectivity index (χ2n) is 8.04. The van der Waals surface area contributed by atoms with Gasteiger partial charge in [-0.25, -0.2) is 0 Å². The molecule has 1 saturated carbocycles. The van der Waals surface area contributed by atoms with Crippen LogP contribution < -0.4 is 4.90 Å². The first kappa shape index (κ1) is 16.1. The largest absolute Gasteiger partial charge is 0.312 e. The third kappa shape index (κ3) is 3.37. The summed E-state index contributed by atoms with van der Waals surface area (Å²) in [5.41, 5.74) is 2.56. The van der Waals surface area contributed by atoms with Gasteiger partial charge in [-0.2, -0.15) is 0 Å². The van der Waals surface area contributed by atoms with Crippen molar-refractivity contribution >= 4 is 11.6 Å². The van der Waals surface area contributed by atoms with E-state index in [0.29, 0.717) is 12.3 Å². The summed E-state index contributed by atoms with van der Waals surface area (Å²) in [5.74, 6) is 1.88. The van der Waals surface area contributed by atoms with Crippen LogP contribution in [-0.4, -0.2) is 36.5 Å². The molecule has 2 heterocycles. The Morgan fingerprint density at radius 2 is 1.88 bits per heavy atom. The first-order valence-electron chi connectivity index (χ1n) is 9.87. The average molecular weight is 326 g/mol. The fourth-order valence-electron chi connectivity index (χ4n) is 4.58. The number of benzene rings is 1. The minimum absolute atomic E-state index is 0.299. The van der Waals surface area contributed by atoms with Gasteiger partial charge in [-0.05, 0) is 75.1 Å². The van der Waals surface area contributed by atoms with Crippen LogP contribution in [0.25, 0.3) is 0 Å². The van der Waals surface area contributed by atoms with Crippen LogP contribution in [0.3, 0.4) is 0 Å². The van der Waals surface area contributed by atoms with Gasteiger partial charge in [-0.3, -0.25) is 4.79 Å². The summed E-state index contributed by atoms with van der Waals surface area (Å²) in [7, 11) is 0. The maximum Gasteiger partial charge on any atom is 0.226 e. The van der Waals surface area contributed by atoms with Gasteiger partial charge in [-0.1, -0.05) is 18.6 Å². The van der Waals surface area contributed by atoms with E-state index < -0.39 is 0 Å². The molecule has 0 radical (unpaired) electrons. The van der Waals surface area contributed by atoms with Gasteiger partial charge in [0.15, 0.2) is 0 Å². The summed E-state index contributed by atoms with van der Waals surface area (Å²) in [6.45, 7) is 5.83. The Balaban J connectivity index is 1.37. The highest BCUT2D eigenvalue weighted by Crippen LogP contribution is 2.48. The summed E-state index contributed by atoms with van der Waals surface area (Å²) < 4.78 is 0. The van der Waals surface area contributed by atoms with Crippen molar-refractivity contribution in [3.05, 3.63) is 29.8 Å². The lowest BCUT2D eigenvalue weighted by Crippen LogP contribution is -2.29. The van der Waals surface area contributed by atoms with Gasteiger partial charge < -0.3 is 9.80 Å². The van der Waals surface area contributed by atoms with Gasteiger partial charge in [-0.15, -0.1) is 0 Å². The maximum atomic E-state index is 12.2. The molecule has 130 valence electrons. The lowest BCUT2D eigenvalue weighted by Gasteiger charge is -2.21. The van der Waals surface area contributed by atoms with Gasteiger partial charge in [0.2, 0.25) is 5.91 Å². The van der Waals surface area contributed by atoms with E-state index in [4.69, 9.17) is 0 Å². The molecule has 3 aliphatic rings. The van der Waals surface area contributed by atoms with E-state index >= 15 is 0 Å². The minimum atomic E-state index is 0.299. The summed E-state index contributed by atoms with van der Waals surface area (Å²) >= 11 is 0. The van der Waals surface area contributed by atoms with E-state index in [1.54, 1.807) is 0 Å². The van der Waals surface area contributed by atoms with Crippen LogP contribution in [0.15, 0.2) is 24.3 Å². The quantitative estimate of drug-likeness (QED) is 0.828. The molecule has 1 amide bonds. The zero-order chi connectivity index (χ0) is 16.5. The van der Waals surface area contributed by atoms with E-state index in [9.17, 15) is 4.79 Å². The Morgan fingerprint density at radius 3 is 2.62 bits per heavy atom. The number of carbonyl (C=O) groups is 1. The Bertz CT molecular complexity index is 582. The van der Waals surface area contributed by atoms with Crippen LogP contribution in [0.5, 0.6) is 0 Å². The van der Waals surface area contributed by atoms with E-state index in [1.165, 1.54) is 44.3 Å². The van der Waals surface area contributed by atoms with Crippen molar-refractivity contribution < 1.29 is 4.79 Å².